The lowest BCUT2D eigenvalue weighted by atomic mass is 10.1. The molecule has 0 aliphatic rings. The number of nitrogens with one attached hydrogen (secondary N) is 1. The molecule has 0 heterocycles. The molecule has 5 heteroatoms. The predicted octanol–water partition coefficient (Wildman–Crippen LogP) is 3.15. The van der Waals surface area contributed by atoms with Gasteiger partial charge in [-0.3, -0.25) is 4.79 Å². The van der Waals surface area contributed by atoms with Gasteiger partial charge >= 0.3 is 0 Å². The van der Waals surface area contributed by atoms with Crippen molar-refractivity contribution in [2.45, 2.75) is 6.42 Å². The second-order valence-corrected chi connectivity index (χ2v) is 4.16. The minimum absolute atomic E-state index is 0.138. The van der Waals surface area contributed by atoms with Crippen molar-refractivity contribution >= 4 is 11.6 Å². The average Bonchev–Trinajstić information content (AvgIpc) is 2.42. The Morgan fingerprint density at radius 1 is 1.20 bits per heavy atom. The highest BCUT2D eigenvalue weighted by molar-refractivity contribution is 5.93. The first-order valence-electron chi connectivity index (χ1n) is 5.97. The Morgan fingerprint density at radius 2 is 1.95 bits per heavy atom. The molecule has 0 atom stereocenters. The van der Waals surface area contributed by atoms with Gasteiger partial charge in [0.15, 0.2) is 0 Å². The first kappa shape index (κ1) is 14.0. The standard InChI is InChI=1S/C15H13F2NO2/c1-20-14-5-3-2-4-13(14)18-15(19)8-10-6-7-11(16)9-12(10)17/h2-7,9H,8H2,1H3,(H,18,19). The van der Waals surface area contributed by atoms with E-state index in [2.05, 4.69) is 5.32 Å². The lowest BCUT2D eigenvalue weighted by Gasteiger charge is -2.10. The molecule has 0 radical (unpaired) electrons. The van der Waals surface area contributed by atoms with Gasteiger partial charge in [-0.05, 0) is 23.8 Å². The van der Waals surface area contributed by atoms with E-state index >= 15 is 0 Å². The summed E-state index contributed by atoms with van der Waals surface area (Å²) in [5.74, 6) is -1.29. The van der Waals surface area contributed by atoms with Crippen LogP contribution in [-0.4, -0.2) is 13.0 Å². The number of hydrogen-bond donors (Lipinski definition) is 1. The van der Waals surface area contributed by atoms with Gasteiger partial charge in [0.25, 0.3) is 0 Å². The highest BCUT2D eigenvalue weighted by Gasteiger charge is 2.11. The number of hydrogen-bond acceptors (Lipinski definition) is 2. The Hall–Kier alpha value is -2.43. The molecule has 0 saturated carbocycles. The van der Waals surface area contributed by atoms with Gasteiger partial charge in [0.05, 0.1) is 19.2 Å². The third-order valence-electron chi connectivity index (χ3n) is 2.75. The molecule has 2 aromatic carbocycles. The van der Waals surface area contributed by atoms with Crippen LogP contribution in [0.25, 0.3) is 0 Å². The van der Waals surface area contributed by atoms with E-state index in [-0.39, 0.29) is 12.0 Å². The van der Waals surface area contributed by atoms with Gasteiger partial charge in [0.1, 0.15) is 17.4 Å². The Bertz CT molecular complexity index is 629. The van der Waals surface area contributed by atoms with Crippen LogP contribution in [0.2, 0.25) is 0 Å². The fourth-order valence-corrected chi connectivity index (χ4v) is 1.78. The van der Waals surface area contributed by atoms with Crippen molar-refractivity contribution < 1.29 is 18.3 Å². The monoisotopic (exact) mass is 277 g/mol. The summed E-state index contributed by atoms with van der Waals surface area (Å²) in [6.45, 7) is 0. The van der Waals surface area contributed by atoms with Crippen molar-refractivity contribution in [3.63, 3.8) is 0 Å². The Kier molecular flexibility index (Phi) is 4.30. The molecule has 0 aliphatic carbocycles. The Balaban J connectivity index is 2.09. The van der Waals surface area contributed by atoms with Crippen LogP contribution < -0.4 is 10.1 Å². The fraction of sp³-hybridized carbons (Fsp3) is 0.133. The van der Waals surface area contributed by atoms with Gasteiger partial charge in [-0.1, -0.05) is 18.2 Å². The van der Waals surface area contributed by atoms with E-state index in [9.17, 15) is 13.6 Å². The highest BCUT2D eigenvalue weighted by atomic mass is 19.1. The maximum absolute atomic E-state index is 13.5. The molecule has 1 amide bonds. The summed E-state index contributed by atoms with van der Waals surface area (Å²) < 4.78 is 31.3. The number of carbonyl (C=O) groups excluding carboxylic acids is 1. The molecule has 0 aromatic heterocycles. The summed E-state index contributed by atoms with van der Waals surface area (Å²) in [6.07, 6.45) is -0.176. The van der Waals surface area contributed by atoms with Crippen LogP contribution >= 0.6 is 0 Å². The number of methoxy groups -OCH3 is 1. The second kappa shape index (κ2) is 6.14. The Morgan fingerprint density at radius 3 is 2.65 bits per heavy atom. The zero-order valence-electron chi connectivity index (χ0n) is 10.8. The van der Waals surface area contributed by atoms with Crippen molar-refractivity contribution in [3.05, 3.63) is 59.7 Å². The summed E-state index contributed by atoms with van der Waals surface area (Å²) in [7, 11) is 1.49. The lowest BCUT2D eigenvalue weighted by Crippen LogP contribution is -2.15. The molecular weight excluding hydrogens is 264 g/mol. The van der Waals surface area contributed by atoms with Crippen molar-refractivity contribution in [3.8, 4) is 5.75 Å². The zero-order chi connectivity index (χ0) is 14.5. The van der Waals surface area contributed by atoms with Gasteiger partial charge in [0, 0.05) is 6.07 Å². The van der Waals surface area contributed by atoms with Crippen molar-refractivity contribution in [2.75, 3.05) is 12.4 Å². The molecule has 2 rings (SSSR count). The topological polar surface area (TPSA) is 38.3 Å². The molecule has 0 unspecified atom stereocenters. The summed E-state index contributed by atoms with van der Waals surface area (Å²) in [4.78, 5) is 11.9. The molecule has 0 aliphatic heterocycles. The largest absolute Gasteiger partial charge is 0.495 e. The summed E-state index contributed by atoms with van der Waals surface area (Å²) in [5.41, 5.74) is 0.640. The van der Waals surface area contributed by atoms with Crippen molar-refractivity contribution in [2.24, 2.45) is 0 Å². The number of rotatable bonds is 4. The number of carbonyl (C=O) groups is 1. The minimum Gasteiger partial charge on any atom is -0.495 e. The third-order valence-corrected chi connectivity index (χ3v) is 2.75. The number of benzene rings is 2. The second-order valence-electron chi connectivity index (χ2n) is 4.16. The van der Waals surface area contributed by atoms with Crippen LogP contribution in [0, 0.1) is 11.6 Å². The van der Waals surface area contributed by atoms with Crippen LogP contribution in [0.15, 0.2) is 42.5 Å². The van der Waals surface area contributed by atoms with Gasteiger partial charge < -0.3 is 10.1 Å². The summed E-state index contributed by atoms with van der Waals surface area (Å²) in [6, 6.07) is 10.0. The number of halogens is 2. The number of amides is 1. The van der Waals surface area contributed by atoms with Crippen LogP contribution in [0.3, 0.4) is 0 Å². The van der Waals surface area contributed by atoms with Crippen molar-refractivity contribution in [1.29, 1.82) is 0 Å². The SMILES string of the molecule is COc1ccccc1NC(=O)Cc1ccc(F)cc1F. The minimum atomic E-state index is -0.736. The van der Waals surface area contributed by atoms with Crippen molar-refractivity contribution in [1.82, 2.24) is 0 Å². The molecule has 20 heavy (non-hydrogen) atoms. The van der Waals surface area contributed by atoms with E-state index in [1.807, 2.05) is 0 Å². The van der Waals surface area contributed by atoms with Gasteiger partial charge in [-0.15, -0.1) is 0 Å². The number of para-hydroxylation sites is 2. The molecule has 0 saturated heterocycles. The normalized spacial score (nSPS) is 10.2. The van der Waals surface area contributed by atoms with Crippen LogP contribution in [0.4, 0.5) is 14.5 Å². The molecule has 0 bridgehead atoms. The lowest BCUT2D eigenvalue weighted by molar-refractivity contribution is -0.115. The third kappa shape index (κ3) is 3.32. The highest BCUT2D eigenvalue weighted by Crippen LogP contribution is 2.23. The summed E-state index contributed by atoms with van der Waals surface area (Å²) in [5, 5.41) is 2.63. The number of anilines is 1. The number of ether oxygens (including phenoxy) is 1. The molecule has 2 aromatic rings. The molecule has 0 fully saturated rings. The van der Waals surface area contributed by atoms with E-state index in [0.29, 0.717) is 11.4 Å². The van der Waals surface area contributed by atoms with Gasteiger partial charge in [0.2, 0.25) is 5.91 Å². The molecular formula is C15H13F2NO2. The van der Waals surface area contributed by atoms with Crippen LogP contribution in [-0.2, 0) is 11.2 Å². The maximum atomic E-state index is 13.5. The van der Waals surface area contributed by atoms with Gasteiger partial charge in [-0.25, -0.2) is 8.78 Å². The smallest absolute Gasteiger partial charge is 0.229 e. The van der Waals surface area contributed by atoms with E-state index in [0.717, 1.165) is 12.1 Å². The van der Waals surface area contributed by atoms with E-state index in [4.69, 9.17) is 4.74 Å². The summed E-state index contributed by atoms with van der Waals surface area (Å²) >= 11 is 0. The van der Waals surface area contributed by atoms with Gasteiger partial charge in [-0.2, -0.15) is 0 Å². The molecule has 104 valence electrons. The van der Waals surface area contributed by atoms with E-state index in [1.54, 1.807) is 24.3 Å². The van der Waals surface area contributed by atoms with Crippen LogP contribution in [0.5, 0.6) is 5.75 Å². The Labute approximate surface area is 115 Å². The first-order valence-corrected chi connectivity index (χ1v) is 5.97. The fourth-order valence-electron chi connectivity index (χ4n) is 1.78. The van der Waals surface area contributed by atoms with Crippen LogP contribution in [0.1, 0.15) is 5.56 Å². The molecule has 1 N–H and O–H groups in total. The zero-order valence-corrected chi connectivity index (χ0v) is 10.8. The first-order chi connectivity index (χ1) is 9.60. The quantitative estimate of drug-likeness (QED) is 0.932. The molecule has 0 spiro atoms. The predicted molar refractivity (Wildman–Crippen MR) is 71.7 cm³/mol. The average molecular weight is 277 g/mol. The van der Waals surface area contributed by atoms with E-state index < -0.39 is 17.5 Å². The van der Waals surface area contributed by atoms with E-state index in [1.165, 1.54) is 13.2 Å². The maximum Gasteiger partial charge on any atom is 0.229 e. The molecule has 3 nitrogen and oxygen atoms in total.